The van der Waals surface area contributed by atoms with Crippen molar-refractivity contribution < 1.29 is 18.9 Å². The van der Waals surface area contributed by atoms with Gasteiger partial charge in [-0.25, -0.2) is 0 Å². The molecule has 1 aromatic heterocycles. The maximum absolute atomic E-state index is 12.5. The van der Waals surface area contributed by atoms with E-state index < -0.39 is 10.8 Å². The molecule has 0 spiro atoms. The summed E-state index contributed by atoms with van der Waals surface area (Å²) in [6.45, 7) is 4.18. The average molecular weight is 434 g/mol. The number of amides is 2. The second-order valence-corrected chi connectivity index (χ2v) is 7.52. The number of benzene rings is 2. The Kier molecular flexibility index (Phi) is 5.89. The minimum Gasteiger partial charge on any atom is -0.459 e. The number of nitro benzene ring substituents is 1. The molecule has 32 heavy (non-hydrogen) atoms. The van der Waals surface area contributed by atoms with Crippen LogP contribution in [0.4, 0.5) is 17.1 Å². The number of aryl methyl sites for hydroxylation is 1. The maximum Gasteiger partial charge on any atom is 0.289 e. The lowest BCUT2D eigenvalue weighted by molar-refractivity contribution is -0.385. The van der Waals surface area contributed by atoms with Crippen LogP contribution in [0.2, 0.25) is 0 Å². The summed E-state index contributed by atoms with van der Waals surface area (Å²) in [6.07, 6.45) is 1.49. The molecule has 3 aromatic rings. The summed E-state index contributed by atoms with van der Waals surface area (Å²) >= 11 is 0. The van der Waals surface area contributed by atoms with Gasteiger partial charge in [-0.1, -0.05) is 6.07 Å². The van der Waals surface area contributed by atoms with Crippen LogP contribution in [0.1, 0.15) is 26.5 Å². The largest absolute Gasteiger partial charge is 0.459 e. The molecule has 0 radical (unpaired) electrons. The van der Waals surface area contributed by atoms with Crippen molar-refractivity contribution in [1.82, 2.24) is 4.90 Å². The normalized spacial score (nSPS) is 13.7. The molecule has 2 heterocycles. The van der Waals surface area contributed by atoms with Crippen molar-refractivity contribution in [3.63, 3.8) is 0 Å². The van der Waals surface area contributed by atoms with Gasteiger partial charge in [0, 0.05) is 54.7 Å². The lowest BCUT2D eigenvalue weighted by Crippen LogP contribution is -2.48. The summed E-state index contributed by atoms with van der Waals surface area (Å²) in [5.74, 6) is -0.174. The second-order valence-electron chi connectivity index (χ2n) is 7.52. The summed E-state index contributed by atoms with van der Waals surface area (Å²) < 4.78 is 5.19. The topological polar surface area (TPSA) is 109 Å². The summed E-state index contributed by atoms with van der Waals surface area (Å²) in [5.41, 5.74) is 2.22. The molecule has 1 saturated heterocycles. The minimum absolute atomic E-state index is 0.0855. The highest BCUT2D eigenvalue weighted by molar-refractivity contribution is 6.04. The van der Waals surface area contributed by atoms with Gasteiger partial charge in [0.05, 0.1) is 11.2 Å². The maximum atomic E-state index is 12.5. The van der Waals surface area contributed by atoms with Crippen LogP contribution in [0.3, 0.4) is 0 Å². The predicted molar refractivity (Wildman–Crippen MR) is 119 cm³/mol. The third-order valence-electron chi connectivity index (χ3n) is 5.46. The van der Waals surface area contributed by atoms with Crippen LogP contribution >= 0.6 is 0 Å². The van der Waals surface area contributed by atoms with E-state index in [0.717, 1.165) is 5.69 Å². The quantitative estimate of drug-likeness (QED) is 0.484. The molecule has 1 N–H and O–H groups in total. The molecule has 0 atom stereocenters. The summed E-state index contributed by atoms with van der Waals surface area (Å²) in [5, 5.41) is 13.9. The highest BCUT2D eigenvalue weighted by Crippen LogP contribution is 2.23. The van der Waals surface area contributed by atoms with E-state index in [1.165, 1.54) is 12.3 Å². The van der Waals surface area contributed by atoms with E-state index >= 15 is 0 Å². The van der Waals surface area contributed by atoms with Crippen LogP contribution < -0.4 is 10.2 Å². The van der Waals surface area contributed by atoms with Gasteiger partial charge in [-0.15, -0.1) is 0 Å². The number of hydrogen-bond donors (Lipinski definition) is 1. The average Bonchev–Trinajstić information content (AvgIpc) is 3.34. The monoisotopic (exact) mass is 434 g/mol. The molecule has 0 bridgehead atoms. The van der Waals surface area contributed by atoms with Gasteiger partial charge in [0.25, 0.3) is 17.5 Å². The van der Waals surface area contributed by atoms with Crippen LogP contribution in [0.15, 0.2) is 65.3 Å². The van der Waals surface area contributed by atoms with Crippen molar-refractivity contribution in [3.05, 3.63) is 87.9 Å². The molecule has 2 aromatic carbocycles. The van der Waals surface area contributed by atoms with Crippen molar-refractivity contribution in [3.8, 4) is 0 Å². The zero-order valence-corrected chi connectivity index (χ0v) is 17.5. The number of furan rings is 1. The van der Waals surface area contributed by atoms with E-state index in [2.05, 4.69) is 10.2 Å². The number of nitro groups is 1. The molecule has 0 saturated carbocycles. The molecule has 2 amide bonds. The third kappa shape index (κ3) is 4.46. The Morgan fingerprint density at radius 1 is 1.03 bits per heavy atom. The van der Waals surface area contributed by atoms with Gasteiger partial charge in [-0.3, -0.25) is 19.7 Å². The Morgan fingerprint density at radius 2 is 1.75 bits per heavy atom. The molecular formula is C23H22N4O5. The lowest BCUT2D eigenvalue weighted by atomic mass is 10.1. The molecule has 1 aliphatic rings. The number of piperazine rings is 1. The van der Waals surface area contributed by atoms with E-state index in [4.69, 9.17) is 4.42 Å². The highest BCUT2D eigenvalue weighted by Gasteiger charge is 2.24. The zero-order chi connectivity index (χ0) is 22.7. The highest BCUT2D eigenvalue weighted by atomic mass is 16.6. The SMILES string of the molecule is Cc1ccc(C(=O)Nc2ccc(N3CCN(C(=O)c4ccco4)CC3)cc2)cc1[N+](=O)[O-]. The van der Waals surface area contributed by atoms with Crippen molar-refractivity contribution in [1.29, 1.82) is 0 Å². The first-order valence-electron chi connectivity index (χ1n) is 10.2. The van der Waals surface area contributed by atoms with Gasteiger partial charge in [-0.05, 0) is 49.4 Å². The number of nitrogens with one attached hydrogen (secondary N) is 1. The fourth-order valence-electron chi connectivity index (χ4n) is 3.63. The van der Waals surface area contributed by atoms with E-state index in [0.29, 0.717) is 43.2 Å². The molecule has 9 heteroatoms. The van der Waals surface area contributed by atoms with Crippen LogP contribution in [-0.4, -0.2) is 47.8 Å². The summed E-state index contributed by atoms with van der Waals surface area (Å²) in [6, 6.07) is 15.1. The molecule has 1 aliphatic heterocycles. The number of carbonyl (C=O) groups is 2. The molecule has 0 unspecified atom stereocenters. The molecule has 0 aliphatic carbocycles. The smallest absolute Gasteiger partial charge is 0.289 e. The molecule has 9 nitrogen and oxygen atoms in total. The first kappa shape index (κ1) is 21.1. The fourth-order valence-corrected chi connectivity index (χ4v) is 3.63. The standard InChI is InChI=1S/C23H22N4O5/c1-16-4-5-17(15-20(16)27(30)31)22(28)24-18-6-8-19(9-7-18)25-10-12-26(13-11-25)23(29)21-3-2-14-32-21/h2-9,14-15H,10-13H2,1H3,(H,24,28). The summed E-state index contributed by atoms with van der Waals surface area (Å²) in [7, 11) is 0. The van der Waals surface area contributed by atoms with Gasteiger partial charge in [0.2, 0.25) is 0 Å². The van der Waals surface area contributed by atoms with E-state index in [9.17, 15) is 19.7 Å². The Balaban J connectivity index is 1.36. The molecule has 4 rings (SSSR count). The predicted octanol–water partition coefficient (Wildman–Crippen LogP) is 3.71. The minimum atomic E-state index is -0.497. The Morgan fingerprint density at radius 3 is 2.38 bits per heavy atom. The van der Waals surface area contributed by atoms with Gasteiger partial charge in [0.15, 0.2) is 5.76 Å². The van der Waals surface area contributed by atoms with Crippen LogP contribution in [-0.2, 0) is 0 Å². The lowest BCUT2D eigenvalue weighted by Gasteiger charge is -2.35. The van der Waals surface area contributed by atoms with Crippen molar-refractivity contribution >= 4 is 28.9 Å². The Labute approximate surface area is 184 Å². The van der Waals surface area contributed by atoms with Crippen molar-refractivity contribution in [2.45, 2.75) is 6.92 Å². The van der Waals surface area contributed by atoms with E-state index in [1.54, 1.807) is 48.2 Å². The molecule has 164 valence electrons. The van der Waals surface area contributed by atoms with Crippen molar-refractivity contribution in [2.24, 2.45) is 0 Å². The van der Waals surface area contributed by atoms with Gasteiger partial charge in [-0.2, -0.15) is 0 Å². The van der Waals surface area contributed by atoms with Crippen molar-refractivity contribution in [2.75, 3.05) is 36.4 Å². The number of carbonyl (C=O) groups excluding carboxylic acids is 2. The van der Waals surface area contributed by atoms with E-state index in [-0.39, 0.29) is 17.2 Å². The van der Waals surface area contributed by atoms with Gasteiger partial charge in [0.1, 0.15) is 0 Å². The third-order valence-corrected chi connectivity index (χ3v) is 5.46. The first-order chi connectivity index (χ1) is 15.4. The Bertz CT molecular complexity index is 1130. The van der Waals surface area contributed by atoms with E-state index in [1.807, 2.05) is 12.1 Å². The van der Waals surface area contributed by atoms with Crippen LogP contribution in [0.25, 0.3) is 0 Å². The second kappa shape index (κ2) is 8.93. The number of rotatable bonds is 5. The summed E-state index contributed by atoms with van der Waals surface area (Å²) in [4.78, 5) is 39.4. The zero-order valence-electron chi connectivity index (χ0n) is 17.5. The van der Waals surface area contributed by atoms with Gasteiger partial charge < -0.3 is 19.5 Å². The van der Waals surface area contributed by atoms with Crippen LogP contribution in [0, 0.1) is 17.0 Å². The number of nitrogens with zero attached hydrogens (tertiary/aromatic N) is 3. The van der Waals surface area contributed by atoms with Gasteiger partial charge >= 0.3 is 0 Å². The molecular weight excluding hydrogens is 412 g/mol. The number of anilines is 2. The Hall–Kier alpha value is -4.14. The fraction of sp³-hybridized carbons (Fsp3) is 0.217. The molecule has 1 fully saturated rings. The number of hydrogen-bond acceptors (Lipinski definition) is 6. The van der Waals surface area contributed by atoms with Crippen LogP contribution in [0.5, 0.6) is 0 Å². The first-order valence-corrected chi connectivity index (χ1v) is 10.2.